The van der Waals surface area contributed by atoms with Crippen LogP contribution in [0.5, 0.6) is 0 Å². The molecule has 0 bridgehead atoms. The van der Waals surface area contributed by atoms with Crippen molar-refractivity contribution in [1.29, 1.82) is 0 Å². The summed E-state index contributed by atoms with van der Waals surface area (Å²) >= 11 is 0. The van der Waals surface area contributed by atoms with Gasteiger partial charge in [0.15, 0.2) is 6.29 Å². The number of rotatable bonds is 4. The van der Waals surface area contributed by atoms with Gasteiger partial charge in [-0.15, -0.1) is 0 Å². The van der Waals surface area contributed by atoms with Crippen LogP contribution in [0.15, 0.2) is 0 Å². The summed E-state index contributed by atoms with van der Waals surface area (Å²) in [6, 6.07) is 0. The highest BCUT2D eigenvalue weighted by Gasteiger charge is 2.26. The summed E-state index contributed by atoms with van der Waals surface area (Å²) in [5.41, 5.74) is 0. The van der Waals surface area contributed by atoms with E-state index >= 15 is 0 Å². The zero-order valence-corrected chi connectivity index (χ0v) is 5.21. The Morgan fingerprint density at radius 3 is 2.67 bits per heavy atom. The highest BCUT2D eigenvalue weighted by atomic mass is 16.8. The topological polar surface area (TPSA) is 34.3 Å². The SMILES string of the molecule is C(CC1CO1)OC1CO1. The number of hydrogen-bond donors (Lipinski definition) is 0. The maximum absolute atomic E-state index is 5.20. The first-order valence-corrected chi connectivity index (χ1v) is 3.30. The lowest BCUT2D eigenvalue weighted by molar-refractivity contribution is 0.0459. The van der Waals surface area contributed by atoms with Gasteiger partial charge in [0, 0.05) is 0 Å². The molecule has 0 aromatic carbocycles. The van der Waals surface area contributed by atoms with Gasteiger partial charge in [-0.3, -0.25) is 0 Å². The molecule has 0 aromatic rings. The van der Waals surface area contributed by atoms with E-state index in [1.165, 1.54) is 0 Å². The van der Waals surface area contributed by atoms with Gasteiger partial charge in [-0.2, -0.15) is 0 Å². The second-order valence-electron chi connectivity index (χ2n) is 2.38. The number of ether oxygens (including phenoxy) is 3. The summed E-state index contributed by atoms with van der Waals surface area (Å²) in [4.78, 5) is 0. The molecule has 0 radical (unpaired) electrons. The van der Waals surface area contributed by atoms with Gasteiger partial charge in [0.05, 0.1) is 19.3 Å². The minimum atomic E-state index is 0.115. The van der Waals surface area contributed by atoms with Crippen molar-refractivity contribution >= 4 is 0 Å². The molecule has 2 atom stereocenters. The van der Waals surface area contributed by atoms with Crippen LogP contribution >= 0.6 is 0 Å². The Labute approximate surface area is 53.9 Å². The molecule has 2 fully saturated rings. The molecule has 0 saturated carbocycles. The Bertz CT molecular complexity index is 84.5. The van der Waals surface area contributed by atoms with Crippen molar-refractivity contribution in [2.45, 2.75) is 18.8 Å². The Morgan fingerprint density at radius 1 is 1.33 bits per heavy atom. The monoisotopic (exact) mass is 130 g/mol. The van der Waals surface area contributed by atoms with Gasteiger partial charge < -0.3 is 14.2 Å². The van der Waals surface area contributed by atoms with E-state index in [1.807, 2.05) is 0 Å². The van der Waals surface area contributed by atoms with Crippen LogP contribution in [0, 0.1) is 0 Å². The lowest BCUT2D eigenvalue weighted by Crippen LogP contribution is -2.00. The number of epoxide rings is 2. The average Bonchev–Trinajstić information content (AvgIpc) is 2.57. The van der Waals surface area contributed by atoms with Gasteiger partial charge in [0.1, 0.15) is 6.61 Å². The quantitative estimate of drug-likeness (QED) is 0.508. The molecule has 0 aromatic heterocycles. The fourth-order valence-corrected chi connectivity index (χ4v) is 0.701. The van der Waals surface area contributed by atoms with E-state index in [9.17, 15) is 0 Å². The van der Waals surface area contributed by atoms with E-state index in [4.69, 9.17) is 14.2 Å². The van der Waals surface area contributed by atoms with Crippen molar-refractivity contribution in [3.05, 3.63) is 0 Å². The molecule has 0 amide bonds. The summed E-state index contributed by atoms with van der Waals surface area (Å²) in [6.45, 7) is 2.50. The molecule has 2 aliphatic heterocycles. The van der Waals surface area contributed by atoms with Crippen LogP contribution in [-0.4, -0.2) is 32.2 Å². The minimum Gasteiger partial charge on any atom is -0.373 e. The second-order valence-corrected chi connectivity index (χ2v) is 2.38. The van der Waals surface area contributed by atoms with Crippen molar-refractivity contribution in [2.24, 2.45) is 0 Å². The first-order valence-electron chi connectivity index (χ1n) is 3.30. The standard InChI is InChI=1S/C6H10O3/c1(5-3-8-5)2-7-6-4-9-6/h5-6H,1-4H2. The summed E-state index contributed by atoms with van der Waals surface area (Å²) in [6.07, 6.45) is 1.63. The molecule has 3 heteroatoms. The fourth-order valence-electron chi connectivity index (χ4n) is 0.701. The molecule has 3 nitrogen and oxygen atoms in total. The maximum Gasteiger partial charge on any atom is 0.181 e. The second kappa shape index (κ2) is 2.25. The van der Waals surface area contributed by atoms with Crippen LogP contribution in [0.2, 0.25) is 0 Å². The van der Waals surface area contributed by atoms with Crippen molar-refractivity contribution in [3.63, 3.8) is 0 Å². The summed E-state index contributed by atoms with van der Waals surface area (Å²) < 4.78 is 15.0. The van der Waals surface area contributed by atoms with E-state index in [0.29, 0.717) is 6.10 Å². The van der Waals surface area contributed by atoms with Crippen LogP contribution in [-0.2, 0) is 14.2 Å². The molecule has 0 aliphatic carbocycles. The van der Waals surface area contributed by atoms with Gasteiger partial charge in [-0.1, -0.05) is 0 Å². The van der Waals surface area contributed by atoms with Gasteiger partial charge in [0.2, 0.25) is 0 Å². The van der Waals surface area contributed by atoms with Gasteiger partial charge in [-0.05, 0) is 6.42 Å². The third kappa shape index (κ3) is 1.93. The zero-order chi connectivity index (χ0) is 6.10. The molecule has 2 saturated heterocycles. The van der Waals surface area contributed by atoms with E-state index in [1.54, 1.807) is 0 Å². The molecular weight excluding hydrogens is 120 g/mol. The Morgan fingerprint density at radius 2 is 2.11 bits per heavy atom. The summed E-state index contributed by atoms with van der Waals surface area (Å²) in [5, 5.41) is 0. The average molecular weight is 130 g/mol. The Balaban J connectivity index is 1.46. The van der Waals surface area contributed by atoms with Crippen LogP contribution in [0.4, 0.5) is 0 Å². The van der Waals surface area contributed by atoms with Crippen molar-refractivity contribution < 1.29 is 14.2 Å². The van der Waals surface area contributed by atoms with Crippen LogP contribution in [0.25, 0.3) is 0 Å². The van der Waals surface area contributed by atoms with Crippen LogP contribution < -0.4 is 0 Å². The van der Waals surface area contributed by atoms with Gasteiger partial charge >= 0.3 is 0 Å². The predicted molar refractivity (Wildman–Crippen MR) is 30.0 cm³/mol. The first-order chi connectivity index (χ1) is 4.45. The largest absolute Gasteiger partial charge is 0.373 e. The summed E-state index contributed by atoms with van der Waals surface area (Å²) in [5.74, 6) is 0. The van der Waals surface area contributed by atoms with Crippen LogP contribution in [0.3, 0.4) is 0 Å². The molecule has 2 aliphatic rings. The molecule has 0 N–H and O–H groups in total. The minimum absolute atomic E-state index is 0.115. The molecule has 2 unspecified atom stereocenters. The number of hydrogen-bond acceptors (Lipinski definition) is 3. The highest BCUT2D eigenvalue weighted by molar-refractivity contribution is 4.68. The first kappa shape index (κ1) is 5.65. The zero-order valence-electron chi connectivity index (χ0n) is 5.21. The fraction of sp³-hybridized carbons (Fsp3) is 1.00. The lowest BCUT2D eigenvalue weighted by atomic mass is 10.3. The van der Waals surface area contributed by atoms with E-state index in [2.05, 4.69) is 0 Å². The summed E-state index contributed by atoms with van der Waals surface area (Å²) in [7, 11) is 0. The maximum atomic E-state index is 5.20. The van der Waals surface area contributed by atoms with E-state index < -0.39 is 0 Å². The third-order valence-electron chi connectivity index (χ3n) is 1.45. The molecule has 52 valence electrons. The highest BCUT2D eigenvalue weighted by Crippen LogP contribution is 2.16. The smallest absolute Gasteiger partial charge is 0.181 e. The van der Waals surface area contributed by atoms with Gasteiger partial charge in [0.25, 0.3) is 0 Å². The van der Waals surface area contributed by atoms with E-state index in [0.717, 1.165) is 26.2 Å². The van der Waals surface area contributed by atoms with E-state index in [-0.39, 0.29) is 6.29 Å². The molecule has 9 heavy (non-hydrogen) atoms. The molecular formula is C6H10O3. The third-order valence-corrected chi connectivity index (χ3v) is 1.45. The van der Waals surface area contributed by atoms with Crippen molar-refractivity contribution in [1.82, 2.24) is 0 Å². The van der Waals surface area contributed by atoms with Gasteiger partial charge in [-0.25, -0.2) is 0 Å². The predicted octanol–water partition coefficient (Wildman–Crippen LogP) is 0.148. The normalized spacial score (nSPS) is 38.7. The molecule has 2 rings (SSSR count). The Hall–Kier alpha value is -0.120. The van der Waals surface area contributed by atoms with Crippen molar-refractivity contribution in [2.75, 3.05) is 19.8 Å². The lowest BCUT2D eigenvalue weighted by Gasteiger charge is -1.94. The Kier molecular flexibility index (Phi) is 1.41. The molecule has 0 spiro atoms. The van der Waals surface area contributed by atoms with Crippen molar-refractivity contribution in [3.8, 4) is 0 Å². The molecule has 2 heterocycles. The van der Waals surface area contributed by atoms with Crippen LogP contribution in [0.1, 0.15) is 6.42 Å².